The molecule has 0 fully saturated rings. The van der Waals surface area contributed by atoms with Gasteiger partial charge >= 0.3 is 16.1 Å². The number of nitrogens with two attached hydrogens (primary N) is 1. The summed E-state index contributed by atoms with van der Waals surface area (Å²) in [5.41, 5.74) is 6.13. The minimum Gasteiger partial charge on any atom is -0.330 e. The summed E-state index contributed by atoms with van der Waals surface area (Å²) in [5.74, 6) is 0. The number of rotatable bonds is 18. The molecule has 5 nitrogen and oxygen atoms in total. The lowest BCUT2D eigenvalue weighted by Crippen LogP contribution is -2.01. The van der Waals surface area contributed by atoms with Crippen molar-refractivity contribution in [3.05, 3.63) is 72.9 Å². The number of hydrogen-bond donors (Lipinski definition) is 3. The lowest BCUT2D eigenvalue weighted by molar-refractivity contribution is 0.498. The Morgan fingerprint density at radius 2 is 0.923 bits per heavy atom. The van der Waals surface area contributed by atoms with E-state index in [1.165, 1.54) is 103 Å². The van der Waals surface area contributed by atoms with Crippen molar-refractivity contribution in [1.82, 2.24) is 0 Å². The highest BCUT2D eigenvalue weighted by Gasteiger charge is 2.29. The lowest BCUT2D eigenvalue weighted by atomic mass is 10.0. The maximum atomic E-state index is 10.6. The van der Waals surface area contributed by atoms with Gasteiger partial charge in [-0.1, -0.05) is 153 Å². The quantitative estimate of drug-likeness (QED) is 0.111. The summed E-state index contributed by atoms with van der Waals surface area (Å²) >= 11 is 0. The highest BCUT2D eigenvalue weighted by atomic mass is 31.1. The zero-order valence-electron chi connectivity index (χ0n) is 24.4. The summed E-state index contributed by atoms with van der Waals surface area (Å²) in [5, 5.41) is 0. The molecule has 4 unspecified atom stereocenters. The highest BCUT2D eigenvalue weighted by Crippen LogP contribution is 2.32. The average molecular weight is 580 g/mol. The smallest absolute Gasteiger partial charge is 0.330 e. The molecule has 2 rings (SSSR count). The molecule has 0 radical (unpaired) electrons. The van der Waals surface area contributed by atoms with E-state index in [4.69, 9.17) is 15.5 Å². The van der Waals surface area contributed by atoms with Gasteiger partial charge in [0.15, 0.2) is 0 Å². The van der Waals surface area contributed by atoms with Crippen molar-refractivity contribution < 1.29 is 18.9 Å². The second-order valence-corrected chi connectivity index (χ2v) is 12.5. The van der Waals surface area contributed by atoms with Crippen LogP contribution in [-0.2, 0) is 9.13 Å². The molecule has 7 heteroatoms. The SMILES string of the molecule is C=C1C=CC=CC1[P+](=O)O.C=C1C=CC=CC1[P+](=O)O.CCCCCCCCCCCCCCCCCCN. The largest absolute Gasteiger partial charge is 0.517 e. The summed E-state index contributed by atoms with van der Waals surface area (Å²) in [6, 6.07) is 0. The van der Waals surface area contributed by atoms with E-state index < -0.39 is 16.1 Å². The molecule has 0 aromatic rings. The maximum Gasteiger partial charge on any atom is 0.517 e. The first-order valence-corrected chi connectivity index (χ1v) is 17.5. The van der Waals surface area contributed by atoms with Gasteiger partial charge in [-0.05, 0) is 34.2 Å². The summed E-state index contributed by atoms with van der Waals surface area (Å²) in [6.45, 7) is 10.4. The molecule has 0 amide bonds. The molecule has 0 spiro atoms. The van der Waals surface area contributed by atoms with Crippen LogP contribution in [0.5, 0.6) is 0 Å². The van der Waals surface area contributed by atoms with Crippen LogP contribution in [0.2, 0.25) is 0 Å². The predicted octanol–water partition coefficient (Wildman–Crippen LogP) is 9.75. The summed E-state index contributed by atoms with van der Waals surface area (Å²) in [4.78, 5) is 17.4. The van der Waals surface area contributed by atoms with Gasteiger partial charge in [-0.3, -0.25) is 0 Å². The Hall–Kier alpha value is -1.48. The fourth-order valence-electron chi connectivity index (χ4n) is 4.26. The van der Waals surface area contributed by atoms with Gasteiger partial charge in [-0.15, -0.1) is 0 Å². The third-order valence-electron chi connectivity index (χ3n) is 6.72. The van der Waals surface area contributed by atoms with E-state index in [-0.39, 0.29) is 11.3 Å². The van der Waals surface area contributed by atoms with E-state index in [2.05, 4.69) is 20.1 Å². The number of unbranched alkanes of at least 4 members (excludes halogenated alkanes) is 15. The topological polar surface area (TPSA) is 101 Å². The molecule has 0 aromatic carbocycles. The Morgan fingerprint density at radius 1 is 0.615 bits per heavy atom. The minimum atomic E-state index is -2.15. The molecule has 0 saturated heterocycles. The van der Waals surface area contributed by atoms with Crippen molar-refractivity contribution in [1.29, 1.82) is 0 Å². The lowest BCUT2D eigenvalue weighted by Gasteiger charge is -2.03. The Labute approximate surface area is 240 Å². The second-order valence-electron chi connectivity index (χ2n) is 10.2. The van der Waals surface area contributed by atoms with Gasteiger partial charge in [0.1, 0.15) is 0 Å². The second kappa shape index (κ2) is 26.7. The van der Waals surface area contributed by atoms with Gasteiger partial charge in [0.25, 0.3) is 0 Å². The first-order chi connectivity index (χ1) is 18.8. The zero-order valence-corrected chi connectivity index (χ0v) is 26.2. The van der Waals surface area contributed by atoms with Crippen LogP contribution in [0.15, 0.2) is 72.9 Å². The van der Waals surface area contributed by atoms with E-state index in [1.807, 2.05) is 0 Å². The third kappa shape index (κ3) is 22.0. The molecule has 39 heavy (non-hydrogen) atoms. The van der Waals surface area contributed by atoms with Gasteiger partial charge < -0.3 is 5.73 Å². The highest BCUT2D eigenvalue weighted by molar-refractivity contribution is 7.39. The molecule has 0 aromatic heterocycles. The molecule has 0 saturated carbocycles. The van der Waals surface area contributed by atoms with E-state index >= 15 is 0 Å². The van der Waals surface area contributed by atoms with Crippen LogP contribution in [0.1, 0.15) is 110 Å². The fourth-order valence-corrected chi connectivity index (χ4v) is 5.50. The summed E-state index contributed by atoms with van der Waals surface area (Å²) in [7, 11) is -4.29. The predicted molar refractivity (Wildman–Crippen MR) is 171 cm³/mol. The number of hydrogen-bond acceptors (Lipinski definition) is 3. The zero-order chi connectivity index (χ0) is 29.1. The molecule has 2 aliphatic rings. The van der Waals surface area contributed by atoms with E-state index in [0.717, 1.165) is 6.54 Å². The van der Waals surface area contributed by atoms with Crippen molar-refractivity contribution in [2.75, 3.05) is 6.54 Å². The molecule has 4 N–H and O–H groups in total. The maximum absolute atomic E-state index is 10.6. The Balaban J connectivity index is 0.000000604. The molecule has 2 aliphatic carbocycles. The van der Waals surface area contributed by atoms with Crippen molar-refractivity contribution in [3.63, 3.8) is 0 Å². The van der Waals surface area contributed by atoms with Crippen molar-refractivity contribution in [2.45, 2.75) is 121 Å². The van der Waals surface area contributed by atoms with Gasteiger partial charge in [0, 0.05) is 11.1 Å². The molecule has 4 atom stereocenters. The Bertz CT molecular complexity index is 751. The van der Waals surface area contributed by atoms with Gasteiger partial charge in [0.2, 0.25) is 11.3 Å². The van der Waals surface area contributed by atoms with Gasteiger partial charge in [0.05, 0.1) is 0 Å². The summed E-state index contributed by atoms with van der Waals surface area (Å²) in [6.07, 6.45) is 36.8. The Kier molecular flexibility index (Phi) is 25.7. The molecule has 0 bridgehead atoms. The summed E-state index contributed by atoms with van der Waals surface area (Å²) < 4.78 is 21.1. The fraction of sp³-hybridized carbons (Fsp3) is 0.625. The third-order valence-corrected chi connectivity index (χ3v) is 8.68. The van der Waals surface area contributed by atoms with Crippen LogP contribution in [0.4, 0.5) is 0 Å². The molecular weight excluding hydrogens is 524 g/mol. The van der Waals surface area contributed by atoms with Gasteiger partial charge in [-0.2, -0.15) is 9.79 Å². The molecular formula is C32H55NO4P2+2. The minimum absolute atomic E-state index is 0.375. The van der Waals surface area contributed by atoms with Crippen LogP contribution >= 0.6 is 16.1 Å². The van der Waals surface area contributed by atoms with Crippen LogP contribution in [0.25, 0.3) is 0 Å². The van der Waals surface area contributed by atoms with Crippen LogP contribution in [0, 0.1) is 0 Å². The average Bonchev–Trinajstić information content (AvgIpc) is 2.92. The van der Waals surface area contributed by atoms with Crippen LogP contribution in [-0.4, -0.2) is 27.6 Å². The van der Waals surface area contributed by atoms with Crippen LogP contribution in [0.3, 0.4) is 0 Å². The van der Waals surface area contributed by atoms with E-state index in [9.17, 15) is 9.13 Å². The molecule has 220 valence electrons. The van der Waals surface area contributed by atoms with Crippen molar-refractivity contribution >= 4 is 16.1 Å². The van der Waals surface area contributed by atoms with E-state index in [1.54, 1.807) is 48.6 Å². The Morgan fingerprint density at radius 3 is 1.15 bits per heavy atom. The standard InChI is InChI=1S/C18H39N.2C7H7O2P/c1-2-3-4-5-6-7-8-9-10-11-12-13-14-15-16-17-18-19;2*1-6-4-2-3-5-7(6)10(8)9/h2-19H2,1H3;2*2-5,7H,1H2/p+2. The van der Waals surface area contributed by atoms with Crippen molar-refractivity contribution in [3.8, 4) is 0 Å². The number of allylic oxidation sites excluding steroid dienone is 10. The monoisotopic (exact) mass is 579 g/mol. The van der Waals surface area contributed by atoms with Gasteiger partial charge in [-0.25, -0.2) is 0 Å². The normalized spacial score (nSPS) is 18.3. The first-order valence-electron chi connectivity index (χ1n) is 14.9. The van der Waals surface area contributed by atoms with E-state index in [0.29, 0.717) is 11.1 Å². The first kappa shape index (κ1) is 37.5. The molecule has 0 aliphatic heterocycles. The van der Waals surface area contributed by atoms with Crippen molar-refractivity contribution in [2.24, 2.45) is 5.73 Å². The molecule has 0 heterocycles. The van der Waals surface area contributed by atoms with Crippen LogP contribution < -0.4 is 5.73 Å².